The fourth-order valence-corrected chi connectivity index (χ4v) is 1.68. The van der Waals surface area contributed by atoms with Crippen LogP contribution in [0.2, 0.25) is 0 Å². The van der Waals surface area contributed by atoms with Crippen LogP contribution in [0.5, 0.6) is 5.88 Å². The molecule has 0 saturated carbocycles. The number of carboxylic acids is 1. The zero-order chi connectivity index (χ0) is 12.3. The van der Waals surface area contributed by atoms with Gasteiger partial charge in [-0.15, -0.1) is 5.10 Å². The zero-order valence-electron chi connectivity index (χ0n) is 9.18. The van der Waals surface area contributed by atoms with Crippen molar-refractivity contribution in [3.63, 3.8) is 0 Å². The van der Waals surface area contributed by atoms with Crippen molar-refractivity contribution in [3.8, 4) is 5.88 Å². The maximum atomic E-state index is 11.6. The molecular formula is C10H13N3O4. The third-order valence-corrected chi connectivity index (χ3v) is 2.59. The van der Waals surface area contributed by atoms with Gasteiger partial charge < -0.3 is 14.7 Å². The summed E-state index contributed by atoms with van der Waals surface area (Å²) in [7, 11) is 0. The van der Waals surface area contributed by atoms with Crippen LogP contribution < -0.4 is 4.74 Å². The molecule has 1 aromatic heterocycles. The monoisotopic (exact) mass is 239 g/mol. The van der Waals surface area contributed by atoms with Crippen LogP contribution in [0, 0.1) is 0 Å². The van der Waals surface area contributed by atoms with Gasteiger partial charge in [0.15, 0.2) is 6.61 Å². The largest absolute Gasteiger partial charge is 0.477 e. The lowest BCUT2D eigenvalue weighted by atomic mass is 10.4. The molecule has 17 heavy (non-hydrogen) atoms. The molecule has 2 rings (SSSR count). The van der Waals surface area contributed by atoms with Crippen LogP contribution in [0.4, 0.5) is 0 Å². The molecule has 0 radical (unpaired) electrons. The summed E-state index contributed by atoms with van der Waals surface area (Å²) in [6.07, 6.45) is 2.05. The van der Waals surface area contributed by atoms with Crippen molar-refractivity contribution in [2.45, 2.75) is 12.8 Å². The first kappa shape index (κ1) is 11.4. The first-order valence-electron chi connectivity index (χ1n) is 5.36. The SMILES string of the molecule is O=C(O)c1cc(OCC(=O)N2CCCC2)n[nH]1. The van der Waals surface area contributed by atoms with Crippen molar-refractivity contribution in [1.29, 1.82) is 0 Å². The smallest absolute Gasteiger partial charge is 0.354 e. The molecular weight excluding hydrogens is 226 g/mol. The number of hydrogen-bond donors (Lipinski definition) is 2. The van der Waals surface area contributed by atoms with Crippen LogP contribution in [0.25, 0.3) is 0 Å². The van der Waals surface area contributed by atoms with Gasteiger partial charge in [0, 0.05) is 19.2 Å². The van der Waals surface area contributed by atoms with Gasteiger partial charge in [-0.2, -0.15) is 0 Å². The van der Waals surface area contributed by atoms with Gasteiger partial charge in [0.1, 0.15) is 5.69 Å². The third-order valence-electron chi connectivity index (χ3n) is 2.59. The first-order chi connectivity index (χ1) is 8.16. The third kappa shape index (κ3) is 2.74. The van der Waals surface area contributed by atoms with E-state index in [-0.39, 0.29) is 24.1 Å². The van der Waals surface area contributed by atoms with E-state index in [0.717, 1.165) is 25.9 Å². The molecule has 0 atom stereocenters. The fourth-order valence-electron chi connectivity index (χ4n) is 1.68. The number of nitrogens with one attached hydrogen (secondary N) is 1. The molecule has 0 spiro atoms. The Morgan fingerprint density at radius 1 is 1.47 bits per heavy atom. The number of likely N-dealkylation sites (tertiary alicyclic amines) is 1. The van der Waals surface area contributed by atoms with E-state index >= 15 is 0 Å². The molecule has 0 aromatic carbocycles. The van der Waals surface area contributed by atoms with Gasteiger partial charge in [0.05, 0.1) is 0 Å². The van der Waals surface area contributed by atoms with Gasteiger partial charge in [-0.25, -0.2) is 4.79 Å². The molecule has 0 unspecified atom stereocenters. The van der Waals surface area contributed by atoms with Crippen LogP contribution >= 0.6 is 0 Å². The van der Waals surface area contributed by atoms with Crippen molar-refractivity contribution in [1.82, 2.24) is 15.1 Å². The van der Waals surface area contributed by atoms with Crippen molar-refractivity contribution >= 4 is 11.9 Å². The Bertz CT molecular complexity index is 423. The van der Waals surface area contributed by atoms with Crippen LogP contribution in [0.1, 0.15) is 23.3 Å². The second-order valence-corrected chi connectivity index (χ2v) is 3.80. The summed E-state index contributed by atoms with van der Waals surface area (Å²) in [6, 6.07) is 1.25. The number of carboxylic acid groups (broad SMARTS) is 1. The van der Waals surface area contributed by atoms with E-state index in [1.165, 1.54) is 6.07 Å². The van der Waals surface area contributed by atoms with Crippen molar-refractivity contribution in [2.24, 2.45) is 0 Å². The quantitative estimate of drug-likeness (QED) is 0.777. The number of amides is 1. The lowest BCUT2D eigenvalue weighted by molar-refractivity contribution is -0.132. The molecule has 1 aliphatic rings. The Balaban J connectivity index is 1.84. The summed E-state index contributed by atoms with van der Waals surface area (Å²) in [6.45, 7) is 1.43. The van der Waals surface area contributed by atoms with E-state index in [1.54, 1.807) is 4.90 Å². The maximum absolute atomic E-state index is 11.6. The van der Waals surface area contributed by atoms with E-state index in [4.69, 9.17) is 9.84 Å². The summed E-state index contributed by atoms with van der Waals surface area (Å²) in [5.41, 5.74) is -0.0615. The number of carbonyl (C=O) groups is 2. The molecule has 2 heterocycles. The molecule has 7 nitrogen and oxygen atoms in total. The summed E-state index contributed by atoms with van der Waals surface area (Å²) < 4.78 is 5.11. The molecule has 1 aromatic rings. The van der Waals surface area contributed by atoms with Gasteiger partial charge in [-0.3, -0.25) is 9.89 Å². The highest BCUT2D eigenvalue weighted by Crippen LogP contribution is 2.10. The van der Waals surface area contributed by atoms with Crippen molar-refractivity contribution in [3.05, 3.63) is 11.8 Å². The predicted molar refractivity (Wildman–Crippen MR) is 56.9 cm³/mol. The Hall–Kier alpha value is -2.05. The van der Waals surface area contributed by atoms with Crippen LogP contribution in [0.15, 0.2) is 6.07 Å². The maximum Gasteiger partial charge on any atom is 0.354 e. The standard InChI is InChI=1S/C10H13N3O4/c14-9(13-3-1-2-4-13)6-17-8-5-7(10(15)16)11-12-8/h5H,1-4,6H2,(H,11,12)(H,15,16). The number of rotatable bonds is 4. The Kier molecular flexibility index (Phi) is 3.27. The summed E-state index contributed by atoms with van der Waals surface area (Å²) >= 11 is 0. The van der Waals surface area contributed by atoms with Crippen LogP contribution in [-0.4, -0.2) is 51.8 Å². The highest BCUT2D eigenvalue weighted by molar-refractivity contribution is 5.85. The second kappa shape index (κ2) is 4.86. The van der Waals surface area contributed by atoms with Crippen molar-refractivity contribution in [2.75, 3.05) is 19.7 Å². The van der Waals surface area contributed by atoms with Gasteiger partial charge in [0.2, 0.25) is 5.88 Å². The normalized spacial score (nSPS) is 14.9. The average molecular weight is 239 g/mol. The number of aromatic carboxylic acids is 1. The minimum Gasteiger partial charge on any atom is -0.477 e. The number of carbonyl (C=O) groups excluding carboxylic acids is 1. The molecule has 1 amide bonds. The number of H-pyrrole nitrogens is 1. The second-order valence-electron chi connectivity index (χ2n) is 3.80. The number of aromatic amines is 1. The number of nitrogens with zero attached hydrogens (tertiary/aromatic N) is 2. The first-order valence-corrected chi connectivity index (χ1v) is 5.36. The molecule has 0 aliphatic carbocycles. The zero-order valence-corrected chi connectivity index (χ0v) is 9.18. The van der Waals surface area contributed by atoms with Crippen molar-refractivity contribution < 1.29 is 19.4 Å². The molecule has 1 saturated heterocycles. The molecule has 92 valence electrons. The highest BCUT2D eigenvalue weighted by Gasteiger charge is 2.18. The number of aromatic nitrogens is 2. The Morgan fingerprint density at radius 2 is 2.18 bits per heavy atom. The fraction of sp³-hybridized carbons (Fsp3) is 0.500. The summed E-state index contributed by atoms with van der Waals surface area (Å²) in [5, 5.41) is 14.6. The average Bonchev–Trinajstić information content (AvgIpc) is 2.97. The molecule has 0 bridgehead atoms. The van der Waals surface area contributed by atoms with Gasteiger partial charge >= 0.3 is 5.97 Å². The highest BCUT2D eigenvalue weighted by atomic mass is 16.5. The summed E-state index contributed by atoms with van der Waals surface area (Å²) in [4.78, 5) is 23.9. The van der Waals surface area contributed by atoms with E-state index in [2.05, 4.69) is 10.2 Å². The minimum absolute atomic E-state index is 0.0615. The predicted octanol–water partition coefficient (Wildman–Crippen LogP) is 0.109. The minimum atomic E-state index is -1.11. The lowest BCUT2D eigenvalue weighted by Crippen LogP contribution is -2.32. The van der Waals surface area contributed by atoms with Crippen LogP contribution in [0.3, 0.4) is 0 Å². The van der Waals surface area contributed by atoms with Gasteiger partial charge in [-0.1, -0.05) is 0 Å². The molecule has 2 N–H and O–H groups in total. The van der Waals surface area contributed by atoms with Crippen LogP contribution in [-0.2, 0) is 4.79 Å². The number of hydrogen-bond acceptors (Lipinski definition) is 4. The summed E-state index contributed by atoms with van der Waals surface area (Å²) in [5.74, 6) is -1.09. The van der Waals surface area contributed by atoms with E-state index < -0.39 is 5.97 Å². The van der Waals surface area contributed by atoms with Gasteiger partial charge in [-0.05, 0) is 12.8 Å². The number of ether oxygens (including phenoxy) is 1. The lowest BCUT2D eigenvalue weighted by Gasteiger charge is -2.14. The topological polar surface area (TPSA) is 95.5 Å². The van der Waals surface area contributed by atoms with E-state index in [0.29, 0.717) is 0 Å². The molecule has 7 heteroatoms. The van der Waals surface area contributed by atoms with E-state index in [1.807, 2.05) is 0 Å². The van der Waals surface area contributed by atoms with Gasteiger partial charge in [0.25, 0.3) is 5.91 Å². The molecule has 1 aliphatic heterocycles. The Labute approximate surface area is 97.4 Å². The molecule has 1 fully saturated rings. The Morgan fingerprint density at radius 3 is 2.76 bits per heavy atom. The van der Waals surface area contributed by atoms with E-state index in [9.17, 15) is 9.59 Å².